The quantitative estimate of drug-likeness (QED) is 0.781. The van der Waals surface area contributed by atoms with E-state index in [2.05, 4.69) is 34.1 Å². The van der Waals surface area contributed by atoms with Gasteiger partial charge < -0.3 is 4.90 Å². The second-order valence-electron chi connectivity index (χ2n) is 4.85. The molecule has 1 aliphatic rings. The number of nitrogens with zero attached hydrogens (tertiary/aromatic N) is 2. The van der Waals surface area contributed by atoms with Gasteiger partial charge in [-0.05, 0) is 31.4 Å². The summed E-state index contributed by atoms with van der Waals surface area (Å²) in [6, 6.07) is 8.45. The number of hydrogen-bond acceptors (Lipinski definition) is 4. The van der Waals surface area contributed by atoms with Gasteiger partial charge in [0.25, 0.3) is 0 Å². The molecule has 98 valence electrons. The fraction of sp³-hybridized carbons (Fsp3) is 0.333. The molecule has 0 N–H and O–H groups in total. The van der Waals surface area contributed by atoms with Crippen molar-refractivity contribution in [3.8, 4) is 0 Å². The minimum atomic E-state index is 0.103. The zero-order valence-corrected chi connectivity index (χ0v) is 12.0. The molecule has 0 unspecified atom stereocenters. The Bertz CT molecular complexity index is 633. The lowest BCUT2D eigenvalue weighted by molar-refractivity contribution is 0.102. The highest BCUT2D eigenvalue weighted by atomic mass is 32.1. The molecular formula is C15H16N2OS. The van der Waals surface area contributed by atoms with Crippen molar-refractivity contribution in [3.05, 3.63) is 40.4 Å². The maximum Gasteiger partial charge on any atom is 0.190 e. The molecule has 1 aliphatic heterocycles. The molecule has 0 spiro atoms. The third-order valence-corrected chi connectivity index (χ3v) is 4.73. The average Bonchev–Trinajstić information content (AvgIpc) is 2.80. The highest BCUT2D eigenvalue weighted by Gasteiger charge is 2.22. The fourth-order valence-corrected chi connectivity index (χ4v) is 3.56. The van der Waals surface area contributed by atoms with E-state index in [1.54, 1.807) is 6.92 Å². The number of ketones is 1. The van der Waals surface area contributed by atoms with Crippen LogP contribution in [0.1, 0.15) is 34.3 Å². The van der Waals surface area contributed by atoms with Gasteiger partial charge in [-0.25, -0.2) is 4.98 Å². The molecule has 0 amide bonds. The number of benzene rings is 1. The number of aromatic nitrogens is 1. The standard InChI is InChI=1S/C15H16N2OS/c1-10-14(11(2)18)19-15(16-10)17-9-5-7-12-6-3-4-8-13(12)17/h3-4,6,8H,5,7,9H2,1-2H3. The van der Waals surface area contributed by atoms with E-state index in [1.165, 1.54) is 22.6 Å². The van der Waals surface area contributed by atoms with Gasteiger partial charge in [0.1, 0.15) is 0 Å². The molecule has 0 fully saturated rings. The number of rotatable bonds is 2. The summed E-state index contributed by atoms with van der Waals surface area (Å²) in [6.07, 6.45) is 2.25. The molecule has 3 rings (SSSR count). The van der Waals surface area contributed by atoms with Gasteiger partial charge in [-0.3, -0.25) is 4.79 Å². The number of para-hydroxylation sites is 1. The van der Waals surface area contributed by atoms with Crippen LogP contribution in [0.4, 0.5) is 10.8 Å². The Hall–Kier alpha value is -1.68. The van der Waals surface area contributed by atoms with Gasteiger partial charge in [0.05, 0.1) is 10.6 Å². The Kier molecular flexibility index (Phi) is 3.11. The smallest absolute Gasteiger partial charge is 0.190 e. The molecule has 0 bridgehead atoms. The van der Waals surface area contributed by atoms with Crippen LogP contribution in [0.15, 0.2) is 24.3 Å². The average molecular weight is 272 g/mol. The fourth-order valence-electron chi connectivity index (χ4n) is 2.56. The number of anilines is 2. The number of carbonyl (C=O) groups excluding carboxylic acids is 1. The van der Waals surface area contributed by atoms with Gasteiger partial charge in [-0.1, -0.05) is 29.5 Å². The molecule has 2 aromatic rings. The van der Waals surface area contributed by atoms with Crippen LogP contribution in [0, 0.1) is 6.92 Å². The molecule has 4 heteroatoms. The molecule has 3 nitrogen and oxygen atoms in total. The van der Waals surface area contributed by atoms with Crippen LogP contribution in [0.3, 0.4) is 0 Å². The third-order valence-electron chi connectivity index (χ3n) is 3.45. The zero-order chi connectivity index (χ0) is 13.4. The Morgan fingerprint density at radius 2 is 2.16 bits per heavy atom. The maximum atomic E-state index is 11.6. The van der Waals surface area contributed by atoms with Crippen molar-refractivity contribution in [1.29, 1.82) is 0 Å². The van der Waals surface area contributed by atoms with Gasteiger partial charge in [0, 0.05) is 19.2 Å². The van der Waals surface area contributed by atoms with Crippen molar-refractivity contribution in [3.63, 3.8) is 0 Å². The van der Waals surface area contributed by atoms with E-state index in [0.717, 1.165) is 35.1 Å². The van der Waals surface area contributed by atoms with Crippen LogP contribution in [-0.4, -0.2) is 17.3 Å². The van der Waals surface area contributed by atoms with Crippen molar-refractivity contribution < 1.29 is 4.79 Å². The van der Waals surface area contributed by atoms with Gasteiger partial charge in [-0.15, -0.1) is 0 Å². The summed E-state index contributed by atoms with van der Waals surface area (Å²) in [4.78, 5) is 19.2. The Labute approximate surface area is 116 Å². The number of carbonyl (C=O) groups is 1. The largest absolute Gasteiger partial charge is 0.318 e. The number of aryl methyl sites for hydroxylation is 2. The van der Waals surface area contributed by atoms with E-state index in [0.29, 0.717) is 0 Å². The van der Waals surface area contributed by atoms with Crippen LogP contribution in [-0.2, 0) is 6.42 Å². The maximum absolute atomic E-state index is 11.6. The Morgan fingerprint density at radius 1 is 1.37 bits per heavy atom. The Morgan fingerprint density at radius 3 is 2.89 bits per heavy atom. The predicted molar refractivity (Wildman–Crippen MR) is 78.6 cm³/mol. The number of fused-ring (bicyclic) bond motifs is 1. The first-order valence-corrected chi connectivity index (χ1v) is 7.32. The zero-order valence-electron chi connectivity index (χ0n) is 11.1. The van der Waals surface area contributed by atoms with E-state index >= 15 is 0 Å². The van der Waals surface area contributed by atoms with Gasteiger partial charge >= 0.3 is 0 Å². The first-order valence-electron chi connectivity index (χ1n) is 6.50. The lowest BCUT2D eigenvalue weighted by Gasteiger charge is -2.28. The van der Waals surface area contributed by atoms with Crippen molar-refractivity contribution in [2.24, 2.45) is 0 Å². The summed E-state index contributed by atoms with van der Waals surface area (Å²) in [5, 5.41) is 0.940. The molecular weight excluding hydrogens is 256 g/mol. The Balaban J connectivity index is 2.04. The van der Waals surface area contributed by atoms with Crippen molar-refractivity contribution >= 4 is 27.9 Å². The van der Waals surface area contributed by atoms with E-state index in [9.17, 15) is 4.79 Å². The summed E-state index contributed by atoms with van der Waals surface area (Å²) >= 11 is 1.50. The molecule has 0 saturated heterocycles. The summed E-state index contributed by atoms with van der Waals surface area (Å²) < 4.78 is 0. The van der Waals surface area contributed by atoms with Crippen molar-refractivity contribution in [1.82, 2.24) is 4.98 Å². The van der Waals surface area contributed by atoms with E-state index < -0.39 is 0 Å². The third kappa shape index (κ3) is 2.16. The number of thiazole rings is 1. The topological polar surface area (TPSA) is 33.2 Å². The molecule has 0 aliphatic carbocycles. The first-order chi connectivity index (χ1) is 9.16. The molecule has 19 heavy (non-hydrogen) atoms. The summed E-state index contributed by atoms with van der Waals surface area (Å²) in [6.45, 7) is 4.49. The van der Waals surface area contributed by atoms with Crippen LogP contribution >= 0.6 is 11.3 Å². The summed E-state index contributed by atoms with van der Waals surface area (Å²) in [5.74, 6) is 0.103. The lowest BCUT2D eigenvalue weighted by atomic mass is 10.0. The van der Waals surface area contributed by atoms with Gasteiger partial charge in [0.15, 0.2) is 10.9 Å². The predicted octanol–water partition coefficient (Wildman–Crippen LogP) is 3.74. The van der Waals surface area contributed by atoms with Crippen LogP contribution in [0.2, 0.25) is 0 Å². The molecule has 0 atom stereocenters. The van der Waals surface area contributed by atoms with E-state index in [1.807, 2.05) is 6.92 Å². The minimum Gasteiger partial charge on any atom is -0.318 e. The van der Waals surface area contributed by atoms with Crippen molar-refractivity contribution in [2.45, 2.75) is 26.7 Å². The lowest BCUT2D eigenvalue weighted by Crippen LogP contribution is -2.24. The van der Waals surface area contributed by atoms with Gasteiger partial charge in [-0.2, -0.15) is 0 Å². The second-order valence-corrected chi connectivity index (χ2v) is 5.83. The van der Waals surface area contributed by atoms with Crippen molar-refractivity contribution in [2.75, 3.05) is 11.4 Å². The highest BCUT2D eigenvalue weighted by molar-refractivity contribution is 7.17. The monoisotopic (exact) mass is 272 g/mol. The molecule has 0 saturated carbocycles. The summed E-state index contributed by atoms with van der Waals surface area (Å²) in [7, 11) is 0. The molecule has 1 aromatic heterocycles. The molecule has 2 heterocycles. The van der Waals surface area contributed by atoms with Crippen LogP contribution < -0.4 is 4.90 Å². The molecule has 0 radical (unpaired) electrons. The number of Topliss-reactive ketones (excluding diaryl/α,β-unsaturated/α-hetero) is 1. The summed E-state index contributed by atoms with van der Waals surface area (Å²) in [5.41, 5.74) is 3.44. The minimum absolute atomic E-state index is 0.103. The first kappa shape index (κ1) is 12.4. The molecule has 1 aromatic carbocycles. The van der Waals surface area contributed by atoms with E-state index in [4.69, 9.17) is 0 Å². The SMILES string of the molecule is CC(=O)c1sc(N2CCCc3ccccc32)nc1C. The highest BCUT2D eigenvalue weighted by Crippen LogP contribution is 2.36. The van der Waals surface area contributed by atoms with Crippen LogP contribution in [0.5, 0.6) is 0 Å². The number of hydrogen-bond donors (Lipinski definition) is 0. The van der Waals surface area contributed by atoms with E-state index in [-0.39, 0.29) is 5.78 Å². The van der Waals surface area contributed by atoms with Crippen LogP contribution in [0.25, 0.3) is 0 Å². The normalized spacial score (nSPS) is 14.3. The second kappa shape index (κ2) is 4.78. The van der Waals surface area contributed by atoms with Gasteiger partial charge in [0.2, 0.25) is 0 Å².